The van der Waals surface area contributed by atoms with Crippen LogP contribution in [-0.2, 0) is 44.5 Å². The number of rotatable bonds is 24. The number of pyridine rings is 1. The molecule has 1 saturated carbocycles. The van der Waals surface area contributed by atoms with Gasteiger partial charge in [0.15, 0.2) is 5.67 Å². The maximum Gasteiger partial charge on any atom is 0.355 e. The average molecular weight is 1190 g/mol. The van der Waals surface area contributed by atoms with Crippen molar-refractivity contribution in [2.75, 3.05) is 23.6 Å². The Morgan fingerprint density at radius 3 is 2.36 bits per heavy atom. The number of aromatic nitrogens is 6. The molecule has 5 heterocycles. The topological polar surface area (TPSA) is 251 Å². The van der Waals surface area contributed by atoms with Crippen molar-refractivity contribution in [2.24, 2.45) is 12.5 Å². The van der Waals surface area contributed by atoms with Crippen molar-refractivity contribution >= 4 is 61.5 Å². The fraction of sp³-hybridized carbons (Fsp3) is 0.431. The second-order valence-electron chi connectivity index (χ2n) is 22.2. The molecule has 25 heteroatoms. The van der Waals surface area contributed by atoms with E-state index in [1.54, 1.807) is 57.3 Å². The van der Waals surface area contributed by atoms with Gasteiger partial charge in [0, 0.05) is 67.8 Å². The Bertz CT molecular complexity index is 3620. The Kier molecular flexibility index (Phi) is 17.8. The number of nitrogen functional groups attached to an aromatic ring is 1. The number of anilines is 2. The maximum absolute atomic E-state index is 14.7. The number of alkyl halides is 3. The van der Waals surface area contributed by atoms with E-state index in [4.69, 9.17) is 20.3 Å². The van der Waals surface area contributed by atoms with E-state index >= 15 is 0 Å². The van der Waals surface area contributed by atoms with Crippen molar-refractivity contribution in [3.8, 4) is 44.3 Å². The van der Waals surface area contributed by atoms with Crippen LogP contribution < -0.4 is 30.6 Å². The minimum absolute atomic E-state index is 0.000567. The number of amides is 3. The van der Waals surface area contributed by atoms with E-state index in [1.165, 1.54) is 58.7 Å². The van der Waals surface area contributed by atoms with Crippen LogP contribution in [0.5, 0.6) is 11.5 Å². The minimum Gasteiger partial charge on any atom is -0.493 e. The van der Waals surface area contributed by atoms with Gasteiger partial charge in [0.1, 0.15) is 47.0 Å². The Hall–Kier alpha value is -7.64. The highest BCUT2D eigenvalue weighted by Gasteiger charge is 2.53. The molecule has 0 spiro atoms. The second kappa shape index (κ2) is 24.7. The average Bonchev–Trinajstić information content (AvgIpc) is 2.74. The quantitative estimate of drug-likeness (QED) is 0.0280. The van der Waals surface area contributed by atoms with Crippen LogP contribution in [0.25, 0.3) is 43.7 Å². The first kappa shape index (κ1) is 60.0. The van der Waals surface area contributed by atoms with Crippen LogP contribution in [0.15, 0.2) is 84.8 Å². The van der Waals surface area contributed by atoms with Crippen molar-refractivity contribution in [1.29, 1.82) is 0 Å². The number of halogens is 4. The lowest BCUT2D eigenvalue weighted by atomic mass is 9.85. The number of hydrogen-bond donors (Lipinski definition) is 5. The fourth-order valence-electron chi connectivity index (χ4n) is 10.1. The lowest BCUT2D eigenvalue weighted by molar-refractivity contribution is -0.145. The second-order valence-corrected chi connectivity index (χ2v) is 24.7. The summed E-state index contributed by atoms with van der Waals surface area (Å²) in [5.74, 6) is -5.42. The highest BCUT2D eigenvalue weighted by Crippen LogP contribution is 2.42. The number of benzene rings is 3. The normalized spacial score (nSPS) is 16.7. The van der Waals surface area contributed by atoms with Crippen LogP contribution in [0.4, 0.5) is 29.1 Å². The number of fused-ring (bicyclic) bond motifs is 1. The third-order valence-electron chi connectivity index (χ3n) is 14.9. The Morgan fingerprint density at radius 1 is 0.952 bits per heavy atom. The predicted molar refractivity (Wildman–Crippen MR) is 307 cm³/mol. The summed E-state index contributed by atoms with van der Waals surface area (Å²) in [6.45, 7) is 9.84. The molecule has 2 unspecified atom stereocenters. The van der Waals surface area contributed by atoms with E-state index < -0.39 is 74.7 Å². The first-order valence-corrected chi connectivity index (χ1v) is 29.8. The third kappa shape index (κ3) is 13.7. The van der Waals surface area contributed by atoms with Gasteiger partial charge in [-0.25, -0.2) is 27.2 Å². The maximum atomic E-state index is 14.7. The van der Waals surface area contributed by atoms with E-state index in [9.17, 15) is 45.5 Å². The van der Waals surface area contributed by atoms with Gasteiger partial charge in [-0.05, 0) is 86.4 Å². The molecule has 2 aliphatic rings. The number of nitrogens with zero attached hydrogens (tertiary/aromatic N) is 7. The van der Waals surface area contributed by atoms with Crippen LogP contribution in [0.2, 0.25) is 0 Å². The third-order valence-corrected chi connectivity index (χ3v) is 16.8. The Balaban J connectivity index is 0.807. The predicted octanol–water partition coefficient (Wildman–Crippen LogP) is 9.40. The van der Waals surface area contributed by atoms with E-state index in [0.717, 1.165) is 53.8 Å². The molecule has 7 aromatic rings. The SMILES string of the molecule is Cc1ncsc1-c1ccc(CNC(=O)[C@@H]2C[C@@H](O)CN2C(=O)C(NC(=O)C2(F)CC2)C(C)(C)C)c(OCCCCCCCn2cc(-c3cnc(N)c4c(-c5ccc(NS(=O)(=O)C(F)F)c(OC(C)c6ccc(F)cc6)c5)nn(C)c34)cn2)c1. The molecule has 1 aliphatic carbocycles. The molecule has 9 rings (SSSR count). The van der Waals surface area contributed by atoms with Gasteiger partial charge < -0.3 is 35.8 Å². The van der Waals surface area contributed by atoms with E-state index in [1.807, 2.05) is 40.7 Å². The molecular weight excluding hydrogens is 1120 g/mol. The summed E-state index contributed by atoms with van der Waals surface area (Å²) in [4.78, 5) is 51.8. The number of thiazole rings is 1. The molecule has 6 N–H and O–H groups in total. The van der Waals surface area contributed by atoms with Gasteiger partial charge in [-0.2, -0.15) is 19.0 Å². The number of carbonyl (C=O) groups is 3. The zero-order chi connectivity index (χ0) is 59.5. The van der Waals surface area contributed by atoms with Crippen LogP contribution in [0, 0.1) is 18.2 Å². The Morgan fingerprint density at radius 2 is 1.66 bits per heavy atom. The zero-order valence-electron chi connectivity index (χ0n) is 46.8. The summed E-state index contributed by atoms with van der Waals surface area (Å²) < 4.78 is 98.0. The first-order valence-electron chi connectivity index (χ1n) is 27.3. The minimum atomic E-state index is -5.08. The van der Waals surface area contributed by atoms with Gasteiger partial charge >= 0.3 is 5.76 Å². The van der Waals surface area contributed by atoms with Crippen molar-refractivity contribution in [2.45, 2.75) is 135 Å². The van der Waals surface area contributed by atoms with Gasteiger partial charge in [-0.15, -0.1) is 11.3 Å². The monoisotopic (exact) mass is 1190 g/mol. The number of carbonyl (C=O) groups excluding carboxylic acids is 3. The van der Waals surface area contributed by atoms with Crippen LogP contribution in [0.1, 0.15) is 102 Å². The fourth-order valence-corrected chi connectivity index (χ4v) is 11.4. The lowest BCUT2D eigenvalue weighted by Crippen LogP contribution is -2.59. The Labute approximate surface area is 482 Å². The van der Waals surface area contributed by atoms with Gasteiger partial charge in [-0.3, -0.25) is 28.5 Å². The summed E-state index contributed by atoms with van der Waals surface area (Å²) in [7, 11) is -3.35. The van der Waals surface area contributed by atoms with Crippen LogP contribution >= 0.6 is 11.3 Å². The molecule has 4 atom stereocenters. The number of unbranched alkanes of at least 4 members (excludes halogenated alkanes) is 4. The molecule has 442 valence electrons. The number of aryl methyl sites for hydroxylation is 3. The van der Waals surface area contributed by atoms with Gasteiger partial charge in [0.2, 0.25) is 11.8 Å². The lowest BCUT2D eigenvalue weighted by Gasteiger charge is -2.35. The summed E-state index contributed by atoms with van der Waals surface area (Å²) in [6, 6.07) is 13.4. The number of nitrogens with two attached hydrogens (primary N) is 1. The van der Waals surface area contributed by atoms with Gasteiger partial charge in [-0.1, -0.05) is 70.4 Å². The van der Waals surface area contributed by atoms with Crippen molar-refractivity contribution in [3.05, 3.63) is 107 Å². The summed E-state index contributed by atoms with van der Waals surface area (Å²) in [5, 5.41) is 26.1. The van der Waals surface area contributed by atoms with E-state index in [2.05, 4.69) is 25.7 Å². The van der Waals surface area contributed by atoms with E-state index in [-0.39, 0.29) is 49.6 Å². The number of nitrogens with one attached hydrogen (secondary N) is 3. The molecular formula is C58H67F4N11O8S2. The number of likely N-dealkylation sites (tertiary alicyclic amines) is 1. The number of ether oxygens (including phenoxy) is 2. The number of β-amino-alcohol motifs (C(OH)–C–C–N with tert-alkyl or cyclic N) is 1. The molecule has 3 aromatic carbocycles. The molecule has 83 heavy (non-hydrogen) atoms. The molecule has 1 saturated heterocycles. The van der Waals surface area contributed by atoms with Gasteiger partial charge in [0.25, 0.3) is 15.9 Å². The summed E-state index contributed by atoms with van der Waals surface area (Å²) in [6.07, 6.45) is 8.04. The number of sulfonamides is 1. The van der Waals surface area contributed by atoms with E-state index in [0.29, 0.717) is 57.8 Å². The number of aliphatic hydroxyl groups is 1. The summed E-state index contributed by atoms with van der Waals surface area (Å²) in [5.41, 5.74) is 11.1. The molecule has 2 fully saturated rings. The van der Waals surface area contributed by atoms with Crippen molar-refractivity contribution < 1.29 is 54.9 Å². The zero-order valence-corrected chi connectivity index (χ0v) is 48.4. The largest absolute Gasteiger partial charge is 0.493 e. The molecule has 3 amide bonds. The highest BCUT2D eigenvalue weighted by molar-refractivity contribution is 7.93. The molecule has 0 radical (unpaired) electrons. The molecule has 0 bridgehead atoms. The summed E-state index contributed by atoms with van der Waals surface area (Å²) >= 11 is 1.51. The number of hydrogen-bond acceptors (Lipinski definition) is 14. The number of aliphatic hydroxyl groups excluding tert-OH is 1. The van der Waals surface area contributed by atoms with Crippen molar-refractivity contribution in [1.82, 2.24) is 45.1 Å². The van der Waals surface area contributed by atoms with Crippen molar-refractivity contribution in [3.63, 3.8) is 0 Å². The molecule has 4 aromatic heterocycles. The van der Waals surface area contributed by atoms with Crippen LogP contribution in [-0.4, -0.2) is 108 Å². The first-order chi connectivity index (χ1) is 39.4. The van der Waals surface area contributed by atoms with Crippen LogP contribution in [0.3, 0.4) is 0 Å². The molecule has 19 nitrogen and oxygen atoms in total. The molecule has 1 aliphatic heterocycles. The highest BCUT2D eigenvalue weighted by atomic mass is 32.2. The smallest absolute Gasteiger partial charge is 0.355 e. The van der Waals surface area contributed by atoms with Gasteiger partial charge in [0.05, 0.1) is 51.6 Å². The standard InChI is InChI=1S/C58H67F4N11O8S2/c1-33-50(82-32-66-33)37-12-13-38(27-65-53(75)44-26-41(74)31-73(44)54(76)51(57(3,4)5)68-55(77)58(62)20-21-58)45(25-37)80-23-11-9-7-8-10-22-72-30-39(28-67-72)42-29-64-52(63)47-48(69-71(6)49(42)47)36-16-19-43(70-83(78,79)56(60)61)46(24-36)81-34(2)35-14-17-40(59)18-15-35/h12-19,24-25,28-30,32,34,41,44,51,56,70,74H,7-11,20-23,26-27,31H2,1-6H3,(H2,63,64)(H,65,75)(H,68,77)/t34?,41-,44+,51?/m1/s1.